The first-order valence-corrected chi connectivity index (χ1v) is 8.92. The number of rotatable bonds is 4. The molecule has 0 amide bonds. The molecule has 0 spiro atoms. The van der Waals surface area contributed by atoms with Gasteiger partial charge in [0.1, 0.15) is 0 Å². The van der Waals surface area contributed by atoms with Crippen LogP contribution in [-0.4, -0.2) is 25.5 Å². The van der Waals surface area contributed by atoms with Gasteiger partial charge in [0.05, 0.1) is 12.6 Å². The first kappa shape index (κ1) is 16.8. The topological polar surface area (TPSA) is 47.6 Å². The lowest BCUT2D eigenvalue weighted by Gasteiger charge is -2.20. The molecule has 0 bridgehead atoms. The van der Waals surface area contributed by atoms with E-state index in [-0.39, 0.29) is 6.10 Å². The minimum absolute atomic E-state index is 0.272. The fourth-order valence-corrected chi connectivity index (χ4v) is 2.70. The van der Waals surface area contributed by atoms with Gasteiger partial charge in [0.15, 0.2) is 0 Å². The van der Waals surface area contributed by atoms with Crippen LogP contribution in [0.2, 0.25) is 0 Å². The Morgan fingerprint density at radius 2 is 2.04 bits per heavy atom. The maximum Gasteiger partial charge on any atom is 0.0770 e. The van der Waals surface area contributed by atoms with Crippen molar-refractivity contribution in [1.29, 1.82) is 0 Å². The molecule has 1 aliphatic heterocycles. The molecule has 3 heteroatoms. The molecule has 1 unspecified atom stereocenters. The zero-order chi connectivity index (χ0) is 16.8. The standard InChI is InChI=1S/C21H26N2O/c1-16(14-23-15-20-4-2-3-13-24-20)21(22)19-11-9-18(10-12-19)8-7-17-5-6-17/h9-12,14,17,20H,2-6,13,15,22H2,1H3/b21-16-,23-14?. The van der Waals surface area contributed by atoms with Gasteiger partial charge in [-0.2, -0.15) is 0 Å². The lowest BCUT2D eigenvalue weighted by atomic mass is 10.1. The van der Waals surface area contributed by atoms with E-state index in [0.29, 0.717) is 5.92 Å². The van der Waals surface area contributed by atoms with Gasteiger partial charge in [-0.3, -0.25) is 4.99 Å². The van der Waals surface area contributed by atoms with Crippen molar-refractivity contribution in [2.24, 2.45) is 16.6 Å². The van der Waals surface area contributed by atoms with Crippen molar-refractivity contribution in [2.75, 3.05) is 13.2 Å². The van der Waals surface area contributed by atoms with Crippen molar-refractivity contribution in [2.45, 2.75) is 45.1 Å². The fourth-order valence-electron chi connectivity index (χ4n) is 2.70. The summed E-state index contributed by atoms with van der Waals surface area (Å²) in [5, 5.41) is 0. The fraction of sp³-hybridized carbons (Fsp3) is 0.476. The Kier molecular flexibility index (Phi) is 5.72. The lowest BCUT2D eigenvalue weighted by Crippen LogP contribution is -2.21. The van der Waals surface area contributed by atoms with Crippen LogP contribution in [0.25, 0.3) is 5.70 Å². The Hall–Kier alpha value is -2.05. The maximum absolute atomic E-state index is 6.26. The second kappa shape index (κ2) is 8.17. The van der Waals surface area contributed by atoms with E-state index in [1.807, 2.05) is 37.4 Å². The molecule has 24 heavy (non-hydrogen) atoms. The van der Waals surface area contributed by atoms with Crippen LogP contribution < -0.4 is 5.73 Å². The van der Waals surface area contributed by atoms with Crippen molar-refractivity contribution in [1.82, 2.24) is 0 Å². The summed E-state index contributed by atoms with van der Waals surface area (Å²) >= 11 is 0. The minimum Gasteiger partial charge on any atom is -0.398 e. The Morgan fingerprint density at radius 1 is 1.25 bits per heavy atom. The van der Waals surface area contributed by atoms with Crippen molar-refractivity contribution in [3.8, 4) is 11.8 Å². The maximum atomic E-state index is 6.26. The molecule has 1 saturated heterocycles. The van der Waals surface area contributed by atoms with E-state index in [0.717, 1.165) is 42.0 Å². The zero-order valence-electron chi connectivity index (χ0n) is 14.4. The number of nitrogens with two attached hydrogens (primary N) is 1. The summed E-state index contributed by atoms with van der Waals surface area (Å²) < 4.78 is 5.69. The molecule has 2 fully saturated rings. The van der Waals surface area contributed by atoms with E-state index in [1.54, 1.807) is 0 Å². The number of aliphatic imine (C=N–C) groups is 1. The number of nitrogens with zero attached hydrogens (tertiary/aromatic N) is 1. The third kappa shape index (κ3) is 4.97. The molecule has 126 valence electrons. The van der Waals surface area contributed by atoms with Gasteiger partial charge in [0, 0.05) is 30.0 Å². The monoisotopic (exact) mass is 322 g/mol. The van der Waals surface area contributed by atoms with Crippen LogP contribution in [-0.2, 0) is 4.74 Å². The number of hydrogen-bond donors (Lipinski definition) is 1. The van der Waals surface area contributed by atoms with Crippen LogP contribution in [0.4, 0.5) is 0 Å². The minimum atomic E-state index is 0.272. The SMILES string of the molecule is C/C(C=NCC1CCCCO1)=C(/N)c1ccc(C#CC2CC2)cc1. The van der Waals surface area contributed by atoms with Gasteiger partial charge in [-0.05, 0) is 62.3 Å². The van der Waals surface area contributed by atoms with Crippen LogP contribution in [0.15, 0.2) is 34.8 Å². The molecule has 1 heterocycles. The van der Waals surface area contributed by atoms with Gasteiger partial charge in [-0.15, -0.1) is 0 Å². The molecule has 1 aromatic carbocycles. The van der Waals surface area contributed by atoms with Gasteiger partial charge in [0.2, 0.25) is 0 Å². The molecule has 1 atom stereocenters. The van der Waals surface area contributed by atoms with Gasteiger partial charge < -0.3 is 10.5 Å². The third-order valence-electron chi connectivity index (χ3n) is 4.49. The molecule has 1 aliphatic carbocycles. The van der Waals surface area contributed by atoms with E-state index in [4.69, 9.17) is 10.5 Å². The lowest BCUT2D eigenvalue weighted by molar-refractivity contribution is 0.0226. The summed E-state index contributed by atoms with van der Waals surface area (Å²) in [4.78, 5) is 4.50. The van der Waals surface area contributed by atoms with Crippen LogP contribution in [0, 0.1) is 17.8 Å². The van der Waals surface area contributed by atoms with Crippen molar-refractivity contribution >= 4 is 11.9 Å². The molecule has 1 aromatic rings. The zero-order valence-corrected chi connectivity index (χ0v) is 14.4. The van der Waals surface area contributed by atoms with Crippen molar-refractivity contribution < 1.29 is 4.74 Å². The van der Waals surface area contributed by atoms with Gasteiger partial charge >= 0.3 is 0 Å². The molecular formula is C21H26N2O. The van der Waals surface area contributed by atoms with Crippen LogP contribution in [0.1, 0.15) is 50.2 Å². The van der Waals surface area contributed by atoms with Gasteiger partial charge in [-0.25, -0.2) is 0 Å². The average Bonchev–Trinajstić information content (AvgIpc) is 3.45. The molecule has 0 aromatic heterocycles. The first-order chi connectivity index (χ1) is 11.7. The van der Waals surface area contributed by atoms with Gasteiger partial charge in [-0.1, -0.05) is 24.0 Å². The molecule has 3 rings (SSSR count). The number of ether oxygens (including phenoxy) is 1. The van der Waals surface area contributed by atoms with Crippen molar-refractivity contribution in [3.05, 3.63) is 41.0 Å². The molecule has 0 radical (unpaired) electrons. The van der Waals surface area contributed by atoms with Crippen LogP contribution in [0.3, 0.4) is 0 Å². The number of allylic oxidation sites excluding steroid dienone is 1. The van der Waals surface area contributed by atoms with E-state index in [9.17, 15) is 0 Å². The third-order valence-corrected chi connectivity index (χ3v) is 4.49. The summed E-state index contributed by atoms with van der Waals surface area (Å²) in [6.45, 7) is 3.59. The molecule has 1 saturated carbocycles. The number of hydrogen-bond acceptors (Lipinski definition) is 3. The second-order valence-electron chi connectivity index (χ2n) is 6.70. The van der Waals surface area contributed by atoms with E-state index in [2.05, 4.69) is 16.8 Å². The summed E-state index contributed by atoms with van der Waals surface area (Å²) in [7, 11) is 0. The Bertz CT molecular complexity index is 666. The van der Waals surface area contributed by atoms with Crippen LogP contribution in [0.5, 0.6) is 0 Å². The first-order valence-electron chi connectivity index (χ1n) is 8.92. The predicted molar refractivity (Wildman–Crippen MR) is 99.8 cm³/mol. The van der Waals surface area contributed by atoms with E-state index >= 15 is 0 Å². The highest BCUT2D eigenvalue weighted by Gasteiger charge is 2.17. The Balaban J connectivity index is 1.59. The highest BCUT2D eigenvalue weighted by atomic mass is 16.5. The summed E-state index contributed by atoms with van der Waals surface area (Å²) in [5.41, 5.74) is 10.1. The smallest absolute Gasteiger partial charge is 0.0770 e. The van der Waals surface area contributed by atoms with E-state index < -0.39 is 0 Å². The summed E-state index contributed by atoms with van der Waals surface area (Å²) in [6, 6.07) is 8.15. The molecular weight excluding hydrogens is 296 g/mol. The highest BCUT2D eigenvalue weighted by Crippen LogP contribution is 2.27. The quantitative estimate of drug-likeness (QED) is 0.677. The Morgan fingerprint density at radius 3 is 2.71 bits per heavy atom. The molecule has 2 aliphatic rings. The average molecular weight is 322 g/mol. The van der Waals surface area contributed by atoms with Crippen molar-refractivity contribution in [3.63, 3.8) is 0 Å². The predicted octanol–water partition coefficient (Wildman–Crippen LogP) is 3.78. The molecule has 2 N–H and O–H groups in total. The normalized spacial score (nSPS) is 22.0. The van der Waals surface area contributed by atoms with Gasteiger partial charge in [0.25, 0.3) is 0 Å². The van der Waals surface area contributed by atoms with E-state index in [1.165, 1.54) is 25.7 Å². The summed E-state index contributed by atoms with van der Waals surface area (Å²) in [6.07, 6.45) is 8.18. The highest BCUT2D eigenvalue weighted by molar-refractivity contribution is 5.89. The number of benzene rings is 1. The Labute approximate surface area is 145 Å². The summed E-state index contributed by atoms with van der Waals surface area (Å²) in [5.74, 6) is 7.13. The largest absolute Gasteiger partial charge is 0.398 e. The molecule has 3 nitrogen and oxygen atoms in total. The second-order valence-corrected chi connectivity index (χ2v) is 6.70. The van der Waals surface area contributed by atoms with Crippen LogP contribution >= 0.6 is 0 Å².